The molecule has 0 aliphatic heterocycles. The van der Waals surface area contributed by atoms with Crippen LogP contribution in [-0.2, 0) is 16.2 Å². The van der Waals surface area contributed by atoms with Crippen LogP contribution in [0.15, 0.2) is 199 Å². The van der Waals surface area contributed by atoms with Crippen molar-refractivity contribution in [1.29, 1.82) is 0 Å². The van der Waals surface area contributed by atoms with Gasteiger partial charge in [0, 0.05) is 27.8 Å². The molecule has 0 radical (unpaired) electrons. The normalized spacial score (nSPS) is 19.6. The second-order valence-electron chi connectivity index (χ2n) is 19.4. The largest absolute Gasteiger partial charge is 0.310 e. The first-order valence-electron chi connectivity index (χ1n) is 22.9. The lowest BCUT2D eigenvalue weighted by molar-refractivity contribution is 0.654. The minimum absolute atomic E-state index is 0.134. The van der Waals surface area contributed by atoms with Gasteiger partial charge in [-0.25, -0.2) is 0 Å². The third-order valence-electron chi connectivity index (χ3n) is 15.6. The second-order valence-corrected chi connectivity index (χ2v) is 19.4. The highest BCUT2D eigenvalue weighted by Gasteiger charge is 2.53. The van der Waals surface area contributed by atoms with Crippen LogP contribution in [0.1, 0.15) is 91.5 Å². The first-order valence-corrected chi connectivity index (χ1v) is 22.9. The van der Waals surface area contributed by atoms with Crippen molar-refractivity contribution >= 4 is 28.2 Å². The maximum absolute atomic E-state index is 2.56. The third kappa shape index (κ3) is 4.78. The maximum atomic E-state index is 2.56. The Morgan fingerprint density at radius 3 is 1.76 bits per heavy atom. The molecule has 1 spiro atoms. The van der Waals surface area contributed by atoms with Crippen molar-refractivity contribution in [2.24, 2.45) is 0 Å². The summed E-state index contributed by atoms with van der Waals surface area (Å²) in [4.78, 5) is 2.56. The Morgan fingerprint density at radius 1 is 0.413 bits per heavy atom. The van der Waals surface area contributed by atoms with E-state index >= 15 is 0 Å². The van der Waals surface area contributed by atoms with E-state index in [1.807, 2.05) is 0 Å². The van der Waals surface area contributed by atoms with Crippen molar-refractivity contribution in [3.63, 3.8) is 0 Å². The van der Waals surface area contributed by atoms with Gasteiger partial charge in [-0.05, 0) is 144 Å². The minimum Gasteiger partial charge on any atom is -0.310 e. The summed E-state index contributed by atoms with van der Waals surface area (Å²) in [6.45, 7) is 9.59. The number of para-hydroxylation sites is 1. The molecule has 0 bridgehead atoms. The fraction of sp³-hybridized carbons (Fsp3) is 0.161. The van der Waals surface area contributed by atoms with Crippen molar-refractivity contribution in [1.82, 2.24) is 0 Å². The third-order valence-corrected chi connectivity index (χ3v) is 15.6. The van der Waals surface area contributed by atoms with E-state index in [4.69, 9.17) is 0 Å². The van der Waals surface area contributed by atoms with E-state index in [0.29, 0.717) is 0 Å². The van der Waals surface area contributed by atoms with Gasteiger partial charge in [-0.2, -0.15) is 0 Å². The summed E-state index contributed by atoms with van der Waals surface area (Å²) in [6, 6.07) is 58.3. The lowest BCUT2D eigenvalue weighted by Crippen LogP contribution is -2.27. The Kier molecular flexibility index (Phi) is 7.59. The van der Waals surface area contributed by atoms with Gasteiger partial charge in [-0.3, -0.25) is 0 Å². The molecule has 7 aromatic rings. The molecular weight excluding hydrogens is 759 g/mol. The summed E-state index contributed by atoms with van der Waals surface area (Å²) in [5, 5.41) is 0. The summed E-state index contributed by atoms with van der Waals surface area (Å²) in [5.41, 5.74) is 27.6. The van der Waals surface area contributed by atoms with E-state index < -0.39 is 0 Å². The molecule has 6 aliphatic carbocycles. The summed E-state index contributed by atoms with van der Waals surface area (Å²) in [5.74, 6) is 0. The molecule has 0 aromatic heterocycles. The molecule has 1 atom stereocenters. The van der Waals surface area contributed by atoms with Crippen LogP contribution in [0.4, 0.5) is 17.1 Å². The zero-order valence-corrected chi connectivity index (χ0v) is 36.5. The molecule has 0 fully saturated rings. The first kappa shape index (κ1) is 36.7. The molecule has 7 aromatic carbocycles. The Labute approximate surface area is 371 Å². The predicted molar refractivity (Wildman–Crippen MR) is 264 cm³/mol. The summed E-state index contributed by atoms with van der Waals surface area (Å²) < 4.78 is 0. The van der Waals surface area contributed by atoms with Gasteiger partial charge in [0.2, 0.25) is 0 Å². The molecule has 302 valence electrons. The molecule has 1 heteroatoms. The predicted octanol–water partition coefficient (Wildman–Crippen LogP) is 16.1. The van der Waals surface area contributed by atoms with Crippen LogP contribution in [0.2, 0.25) is 0 Å². The number of fused-ring (bicyclic) bond motifs is 14. The molecule has 0 saturated heterocycles. The van der Waals surface area contributed by atoms with E-state index in [9.17, 15) is 0 Å². The van der Waals surface area contributed by atoms with Crippen molar-refractivity contribution in [2.45, 2.75) is 63.2 Å². The highest BCUT2D eigenvalue weighted by Crippen LogP contribution is 2.65. The SMILES string of the molecule is CC1(C)C2=C(C=CCC=C2)c2ccc(N(c3ccc4c(c3)C(C)(C)c3ccccc3-4)c3ccccc3-c3cccc4c3-c3ccccc3C43C4=C(C=CCC4)c4ccccc43)cc21. The fourth-order valence-corrected chi connectivity index (χ4v) is 12.8. The van der Waals surface area contributed by atoms with Gasteiger partial charge in [0.1, 0.15) is 0 Å². The van der Waals surface area contributed by atoms with Gasteiger partial charge < -0.3 is 4.90 Å². The molecule has 13 rings (SSSR count). The Hall–Kier alpha value is -6.96. The van der Waals surface area contributed by atoms with Crippen molar-refractivity contribution < 1.29 is 0 Å². The van der Waals surface area contributed by atoms with Gasteiger partial charge >= 0.3 is 0 Å². The Balaban J connectivity index is 1.06. The molecule has 0 N–H and O–H groups in total. The van der Waals surface area contributed by atoms with Crippen molar-refractivity contribution in [3.05, 3.63) is 244 Å². The van der Waals surface area contributed by atoms with E-state index in [2.05, 4.69) is 221 Å². The highest BCUT2D eigenvalue weighted by molar-refractivity contribution is 6.03. The standard InChI is InChI=1S/C62H49N/c1-60(2)50-26-7-5-6-19-41(50)45-35-33-39(37-56(45)60)63(40-34-36-46-42-20-8-13-27-51(42)61(3,4)57(46)38-40)58-32-17-12-23-47(58)48-25-18-31-55-59(48)49-24-11-16-30-54(49)62(55)52-28-14-9-21-43(52)44-22-10-15-29-53(44)62/h6-14,16-28,30-38H,5,15,29H2,1-4H3. The number of benzene rings is 7. The molecule has 0 heterocycles. The van der Waals surface area contributed by atoms with E-state index in [1.165, 1.54) is 112 Å². The van der Waals surface area contributed by atoms with Gasteiger partial charge in [-0.1, -0.05) is 185 Å². The first-order chi connectivity index (χ1) is 30.8. The maximum Gasteiger partial charge on any atom is 0.0688 e. The van der Waals surface area contributed by atoms with Crippen LogP contribution in [0.25, 0.3) is 44.5 Å². The number of anilines is 3. The molecule has 1 unspecified atom stereocenters. The number of rotatable bonds is 4. The number of nitrogens with zero attached hydrogens (tertiary/aromatic N) is 1. The number of allylic oxidation sites excluding steroid dienone is 10. The van der Waals surface area contributed by atoms with Crippen LogP contribution < -0.4 is 4.90 Å². The smallest absolute Gasteiger partial charge is 0.0688 e. The monoisotopic (exact) mass is 807 g/mol. The molecular formula is C62H49N. The Bertz CT molecular complexity index is 3320. The van der Waals surface area contributed by atoms with Crippen LogP contribution >= 0.6 is 0 Å². The van der Waals surface area contributed by atoms with E-state index in [0.717, 1.165) is 19.3 Å². The molecule has 6 aliphatic rings. The van der Waals surface area contributed by atoms with Gasteiger partial charge in [0.15, 0.2) is 0 Å². The zero-order valence-electron chi connectivity index (χ0n) is 36.5. The molecule has 0 saturated carbocycles. The van der Waals surface area contributed by atoms with Crippen LogP contribution in [0.3, 0.4) is 0 Å². The van der Waals surface area contributed by atoms with Gasteiger partial charge in [0.05, 0.1) is 11.1 Å². The topological polar surface area (TPSA) is 3.24 Å². The second kappa shape index (κ2) is 13.0. The molecule has 63 heavy (non-hydrogen) atoms. The van der Waals surface area contributed by atoms with Crippen molar-refractivity contribution in [2.75, 3.05) is 4.90 Å². The quantitative estimate of drug-likeness (QED) is 0.171. The molecule has 1 nitrogen and oxygen atoms in total. The summed E-state index contributed by atoms with van der Waals surface area (Å²) >= 11 is 0. The fourth-order valence-electron chi connectivity index (χ4n) is 12.8. The number of hydrogen-bond acceptors (Lipinski definition) is 1. The van der Waals surface area contributed by atoms with E-state index in [1.54, 1.807) is 5.57 Å². The van der Waals surface area contributed by atoms with Crippen molar-refractivity contribution in [3.8, 4) is 33.4 Å². The van der Waals surface area contributed by atoms with Crippen LogP contribution in [-0.4, -0.2) is 0 Å². The average molecular weight is 808 g/mol. The zero-order chi connectivity index (χ0) is 42.2. The molecule has 0 amide bonds. The average Bonchev–Trinajstić information content (AvgIpc) is 3.84. The Morgan fingerprint density at radius 2 is 0.968 bits per heavy atom. The van der Waals surface area contributed by atoms with Gasteiger partial charge in [0.25, 0.3) is 0 Å². The lowest BCUT2D eigenvalue weighted by Gasteiger charge is -2.33. The highest BCUT2D eigenvalue weighted by atomic mass is 15.1. The number of hydrogen-bond donors (Lipinski definition) is 0. The lowest BCUT2D eigenvalue weighted by atomic mass is 9.68. The minimum atomic E-state index is -0.326. The van der Waals surface area contributed by atoms with Crippen LogP contribution in [0.5, 0.6) is 0 Å². The van der Waals surface area contributed by atoms with Gasteiger partial charge in [-0.15, -0.1) is 0 Å². The van der Waals surface area contributed by atoms with E-state index in [-0.39, 0.29) is 16.2 Å². The summed E-state index contributed by atoms with van der Waals surface area (Å²) in [7, 11) is 0. The summed E-state index contributed by atoms with van der Waals surface area (Å²) in [6.07, 6.45) is 17.2. The van der Waals surface area contributed by atoms with Crippen LogP contribution in [0, 0.1) is 0 Å².